The molecule has 236 valence electrons. The Balaban J connectivity index is 1.20. The van der Waals surface area contributed by atoms with Gasteiger partial charge in [-0.3, -0.25) is 27.5 Å². The molecule has 7 N–H and O–H groups in total. The molecule has 3 aliphatic rings. The maximum absolute atomic E-state index is 13.2. The smallest absolute Gasteiger partial charge is 0.390 e. The maximum atomic E-state index is 13.2. The predicted octanol–water partition coefficient (Wildman–Crippen LogP) is -1.26. The van der Waals surface area contributed by atoms with Gasteiger partial charge in [-0.25, -0.2) is 29.1 Å². The number of anilines is 1. The standard InChI is InChI=1S/C21H25N9O12P2/c22-21-23-2-9-17(28-21)30(6-26-9)20-14(32)16-11(40-20)4-39-44(36,37)41-15-10(1-8(13(15)31)3-38-43(34,35)42-16)29-7-27-12-18(29)24-5-25-19(12)33/h2,5-8,10-11,13-16,20,31-32H,1,3-4H2,(H,34,35)(H,36,37)(H2,22,23,28)(H,24,25,33)/t8-,10-,11-,13?,14+,15-,16?,20-/m1/s1. The summed E-state index contributed by atoms with van der Waals surface area (Å²) in [6.45, 7) is -1.35. The number of nitrogens with two attached hydrogens (primary N) is 1. The Morgan fingerprint density at radius 2 is 1.66 bits per heavy atom. The largest absolute Gasteiger partial charge is 0.472 e. The highest BCUT2D eigenvalue weighted by molar-refractivity contribution is 7.47. The number of phosphoric ester groups is 2. The van der Waals surface area contributed by atoms with Crippen molar-refractivity contribution in [1.82, 2.24) is 39.0 Å². The van der Waals surface area contributed by atoms with Gasteiger partial charge in [-0.05, 0) is 6.42 Å². The van der Waals surface area contributed by atoms with E-state index in [2.05, 4.69) is 29.9 Å². The average Bonchev–Trinajstić information content (AvgIpc) is 3.72. The van der Waals surface area contributed by atoms with Crippen molar-refractivity contribution in [3.63, 3.8) is 0 Å². The number of aliphatic hydroxyl groups is 2. The van der Waals surface area contributed by atoms with Crippen molar-refractivity contribution in [2.45, 2.75) is 49.2 Å². The number of nitrogen functional groups attached to an aromatic ring is 1. The van der Waals surface area contributed by atoms with Gasteiger partial charge in [0.25, 0.3) is 5.56 Å². The third kappa shape index (κ3) is 5.15. The lowest BCUT2D eigenvalue weighted by Crippen LogP contribution is -2.36. The fourth-order valence-electron chi connectivity index (χ4n) is 5.72. The predicted molar refractivity (Wildman–Crippen MR) is 142 cm³/mol. The zero-order chi connectivity index (χ0) is 31.0. The lowest BCUT2D eigenvalue weighted by atomic mass is 10.1. The van der Waals surface area contributed by atoms with Crippen LogP contribution >= 0.6 is 15.6 Å². The van der Waals surface area contributed by atoms with Crippen LogP contribution in [0.1, 0.15) is 18.7 Å². The number of aliphatic hydroxyl groups excluding tert-OH is 2. The second kappa shape index (κ2) is 10.7. The van der Waals surface area contributed by atoms with E-state index in [0.29, 0.717) is 5.52 Å². The third-order valence-electron chi connectivity index (χ3n) is 7.75. The highest BCUT2D eigenvalue weighted by Gasteiger charge is 2.53. The summed E-state index contributed by atoms with van der Waals surface area (Å²) in [5, 5.41) is 22.2. The number of imidazole rings is 2. The molecule has 7 rings (SSSR count). The molecule has 44 heavy (non-hydrogen) atoms. The van der Waals surface area contributed by atoms with Gasteiger partial charge in [-0.15, -0.1) is 0 Å². The summed E-state index contributed by atoms with van der Waals surface area (Å²) in [5.74, 6) is -1.04. The van der Waals surface area contributed by atoms with Crippen LogP contribution in [0.5, 0.6) is 0 Å². The monoisotopic (exact) mass is 657 g/mol. The normalized spacial score (nSPS) is 38.3. The molecule has 2 saturated heterocycles. The molecule has 6 heterocycles. The van der Waals surface area contributed by atoms with Gasteiger partial charge in [0, 0.05) is 5.92 Å². The molecule has 4 aromatic rings. The Morgan fingerprint density at radius 1 is 0.932 bits per heavy atom. The first-order valence-electron chi connectivity index (χ1n) is 13.1. The summed E-state index contributed by atoms with van der Waals surface area (Å²) < 4.78 is 56.0. The van der Waals surface area contributed by atoms with Gasteiger partial charge in [0.2, 0.25) is 5.95 Å². The minimum atomic E-state index is -5.00. The van der Waals surface area contributed by atoms with E-state index in [1.165, 1.54) is 28.0 Å². The number of H-pyrrole nitrogens is 1. The molecule has 0 amide bonds. The molecule has 1 saturated carbocycles. The lowest BCUT2D eigenvalue weighted by Gasteiger charge is -2.26. The number of hydrogen-bond donors (Lipinski definition) is 6. The Kier molecular flexibility index (Phi) is 7.18. The number of hydrogen-bond acceptors (Lipinski definition) is 16. The van der Waals surface area contributed by atoms with Crippen molar-refractivity contribution in [3.8, 4) is 0 Å². The second-order valence-electron chi connectivity index (χ2n) is 10.4. The summed E-state index contributed by atoms with van der Waals surface area (Å²) >= 11 is 0. The molecule has 1 aliphatic carbocycles. The van der Waals surface area contributed by atoms with Crippen LogP contribution in [0.4, 0.5) is 5.95 Å². The van der Waals surface area contributed by atoms with Gasteiger partial charge in [-0.1, -0.05) is 0 Å². The zero-order valence-electron chi connectivity index (χ0n) is 22.2. The van der Waals surface area contributed by atoms with Crippen molar-refractivity contribution in [2.24, 2.45) is 5.92 Å². The Hall–Kier alpha value is -3.20. The van der Waals surface area contributed by atoms with Crippen LogP contribution in [0.3, 0.4) is 0 Å². The van der Waals surface area contributed by atoms with E-state index in [4.69, 9.17) is 28.6 Å². The van der Waals surface area contributed by atoms with Gasteiger partial charge >= 0.3 is 15.6 Å². The van der Waals surface area contributed by atoms with E-state index < -0.39 is 83.1 Å². The quantitative estimate of drug-likeness (QED) is 0.137. The fraction of sp³-hybridized carbons (Fsp3) is 0.524. The molecule has 0 spiro atoms. The number of ether oxygens (including phenoxy) is 1. The molecule has 23 heteroatoms. The molecule has 3 fully saturated rings. The first-order valence-corrected chi connectivity index (χ1v) is 16.1. The molecule has 4 aromatic heterocycles. The van der Waals surface area contributed by atoms with Crippen molar-refractivity contribution >= 4 is 43.9 Å². The van der Waals surface area contributed by atoms with Crippen LogP contribution in [-0.4, -0.2) is 103 Å². The van der Waals surface area contributed by atoms with Gasteiger partial charge in [0.1, 0.15) is 29.9 Å². The number of rotatable bonds is 2. The number of aromatic amines is 1. The van der Waals surface area contributed by atoms with E-state index in [0.717, 1.165) is 6.33 Å². The molecule has 2 aliphatic heterocycles. The number of nitrogens with one attached hydrogen (secondary N) is 1. The zero-order valence-corrected chi connectivity index (χ0v) is 24.0. The SMILES string of the molecule is Nc1ncc2ncn([C@@H]3O[C@@H]4COP(=O)(O)O[C@H]5C(O)[C@@H](COP(=O)(O)OC4[C@@H]3O)C[C@H]5n3cnc4c(=O)[nH]cnc43)c2n1. The van der Waals surface area contributed by atoms with Gasteiger partial charge in [0.15, 0.2) is 23.0 Å². The number of phosphoric acid groups is 2. The lowest BCUT2D eigenvalue weighted by molar-refractivity contribution is -0.0552. The van der Waals surface area contributed by atoms with Crippen molar-refractivity contribution < 1.29 is 52.0 Å². The highest BCUT2D eigenvalue weighted by Crippen LogP contribution is 2.55. The third-order valence-corrected chi connectivity index (χ3v) is 9.72. The van der Waals surface area contributed by atoms with Crippen LogP contribution in [0.25, 0.3) is 22.3 Å². The van der Waals surface area contributed by atoms with Gasteiger partial charge < -0.3 is 40.0 Å². The summed E-state index contributed by atoms with van der Waals surface area (Å²) in [6, 6.07) is -0.936. The van der Waals surface area contributed by atoms with Gasteiger partial charge in [-0.2, -0.15) is 4.98 Å². The molecule has 2 bridgehead atoms. The molecular weight excluding hydrogens is 632 g/mol. The Morgan fingerprint density at radius 3 is 2.45 bits per heavy atom. The minimum Gasteiger partial charge on any atom is -0.390 e. The van der Waals surface area contributed by atoms with Crippen LogP contribution in [-0.2, 0) is 32.0 Å². The topological polar surface area (TPSA) is 294 Å². The van der Waals surface area contributed by atoms with E-state index in [1.54, 1.807) is 0 Å². The van der Waals surface area contributed by atoms with E-state index in [-0.39, 0.29) is 29.2 Å². The molecule has 0 aromatic carbocycles. The molecular formula is C21H25N9O12P2. The van der Waals surface area contributed by atoms with E-state index >= 15 is 0 Å². The maximum Gasteiger partial charge on any atom is 0.472 e. The number of nitrogens with zero attached hydrogens (tertiary/aromatic N) is 7. The van der Waals surface area contributed by atoms with E-state index in [9.17, 15) is 33.9 Å². The molecule has 21 nitrogen and oxygen atoms in total. The molecule has 4 unspecified atom stereocenters. The molecule has 10 atom stereocenters. The van der Waals surface area contributed by atoms with E-state index in [1.807, 2.05) is 0 Å². The van der Waals surface area contributed by atoms with Crippen LogP contribution < -0.4 is 11.3 Å². The number of aromatic nitrogens is 8. The second-order valence-corrected chi connectivity index (χ2v) is 13.2. The average molecular weight is 657 g/mol. The van der Waals surface area contributed by atoms with Gasteiger partial charge in [0.05, 0.1) is 50.5 Å². The Labute approximate surface area is 244 Å². The van der Waals surface area contributed by atoms with Crippen molar-refractivity contribution in [2.75, 3.05) is 18.9 Å². The van der Waals surface area contributed by atoms with Crippen LogP contribution in [0.15, 0.2) is 30.0 Å². The number of fused-ring (bicyclic) bond motifs is 5. The fourth-order valence-corrected chi connectivity index (χ4v) is 7.70. The Bertz CT molecular complexity index is 1880. The summed E-state index contributed by atoms with van der Waals surface area (Å²) in [4.78, 5) is 56.1. The highest BCUT2D eigenvalue weighted by atomic mass is 31.2. The summed E-state index contributed by atoms with van der Waals surface area (Å²) in [5.41, 5.74) is 5.69. The first kappa shape index (κ1) is 29.5. The first-order chi connectivity index (χ1) is 20.9. The summed E-state index contributed by atoms with van der Waals surface area (Å²) in [7, 11) is -9.96. The summed E-state index contributed by atoms with van der Waals surface area (Å²) in [6.07, 6.45) is -4.01. The van der Waals surface area contributed by atoms with Crippen LogP contribution in [0, 0.1) is 5.92 Å². The van der Waals surface area contributed by atoms with Crippen LogP contribution in [0.2, 0.25) is 0 Å². The van der Waals surface area contributed by atoms with Crippen molar-refractivity contribution in [3.05, 3.63) is 35.5 Å². The minimum absolute atomic E-state index is 0.0235. The molecule has 0 radical (unpaired) electrons. The van der Waals surface area contributed by atoms with Crippen molar-refractivity contribution in [1.29, 1.82) is 0 Å².